The van der Waals surface area contributed by atoms with Gasteiger partial charge < -0.3 is 37.9 Å². The van der Waals surface area contributed by atoms with E-state index >= 15 is 0 Å². The zero-order chi connectivity index (χ0) is 24.1. The summed E-state index contributed by atoms with van der Waals surface area (Å²) in [5.41, 5.74) is 10.1. The van der Waals surface area contributed by atoms with Crippen LogP contribution in [0.25, 0.3) is 10.4 Å². The van der Waals surface area contributed by atoms with E-state index in [2.05, 4.69) is 10.0 Å². The molecule has 0 aromatic carbocycles. The number of nitrogens with two attached hydrogens (primary N) is 1. The molecule has 3 N–H and O–H groups in total. The number of nitrogens with one attached hydrogen (secondary N) is 1. The van der Waals surface area contributed by atoms with Gasteiger partial charge in [-0.15, -0.1) is 12.4 Å². The quantitative estimate of drug-likeness (QED) is 0.0291. The molecule has 0 aliphatic heterocycles. The Morgan fingerprint density at radius 2 is 0.912 bits per heavy atom. The minimum atomic E-state index is -0.259. The van der Waals surface area contributed by atoms with Crippen LogP contribution in [0.1, 0.15) is 6.42 Å². The molecule has 1 amide bonds. The largest absolute Gasteiger partial charge is 0.379 e. The second-order valence-electron chi connectivity index (χ2n) is 6.17. The average molecular weight is 518 g/mol. The van der Waals surface area contributed by atoms with E-state index in [9.17, 15) is 4.79 Å². The number of hydrazine groups is 1. The van der Waals surface area contributed by atoms with E-state index in [4.69, 9.17) is 49.3 Å². The fraction of sp³-hybridized carbons (Fsp3) is 0.947. The Balaban J connectivity index is 0. The first-order valence-electron chi connectivity index (χ1n) is 10.9. The molecule has 34 heavy (non-hydrogen) atoms. The highest BCUT2D eigenvalue weighted by Crippen LogP contribution is 1.87. The van der Waals surface area contributed by atoms with E-state index in [1.165, 1.54) is 0 Å². The number of hydrogen-bond acceptors (Lipinski definition) is 11. The summed E-state index contributed by atoms with van der Waals surface area (Å²) in [6.45, 7) is 7.64. The van der Waals surface area contributed by atoms with Crippen LogP contribution in [0, 0.1) is 0 Å². The molecule has 202 valence electrons. The first-order valence-corrected chi connectivity index (χ1v) is 10.9. The minimum Gasteiger partial charge on any atom is -0.379 e. The molecule has 0 bridgehead atoms. The van der Waals surface area contributed by atoms with E-state index in [1.807, 2.05) is 5.43 Å². The Kier molecular flexibility index (Phi) is 32.5. The molecule has 0 fully saturated rings. The van der Waals surface area contributed by atoms with Gasteiger partial charge in [0, 0.05) is 11.5 Å². The number of carbonyl (C=O) groups is 1. The van der Waals surface area contributed by atoms with Crippen molar-refractivity contribution in [3.05, 3.63) is 10.4 Å². The second kappa shape index (κ2) is 31.7. The van der Waals surface area contributed by atoms with E-state index in [1.54, 1.807) is 0 Å². The number of amides is 1. The summed E-state index contributed by atoms with van der Waals surface area (Å²) in [4.78, 5) is 13.5. The molecule has 0 saturated heterocycles. The normalized spacial score (nSPS) is 10.5. The van der Waals surface area contributed by atoms with Crippen LogP contribution in [-0.4, -0.2) is 118 Å². The van der Waals surface area contributed by atoms with Crippen LogP contribution in [0.3, 0.4) is 0 Å². The molecule has 14 nitrogen and oxygen atoms in total. The third kappa shape index (κ3) is 30.7. The lowest BCUT2D eigenvalue weighted by Gasteiger charge is -2.08. The molecule has 0 atom stereocenters. The van der Waals surface area contributed by atoms with Crippen LogP contribution in [0.15, 0.2) is 5.11 Å². The zero-order valence-corrected chi connectivity index (χ0v) is 20.5. The van der Waals surface area contributed by atoms with Crippen LogP contribution < -0.4 is 11.3 Å². The Bertz CT molecular complexity index is 477. The second-order valence-corrected chi connectivity index (χ2v) is 6.17. The molecule has 0 spiro atoms. The predicted molar refractivity (Wildman–Crippen MR) is 125 cm³/mol. The molecular weight excluding hydrogens is 478 g/mol. The summed E-state index contributed by atoms with van der Waals surface area (Å²) >= 11 is 0. The highest BCUT2D eigenvalue weighted by molar-refractivity contribution is 5.85. The molecule has 0 aliphatic carbocycles. The summed E-state index contributed by atoms with van der Waals surface area (Å²) in [6, 6.07) is 0. The third-order valence-corrected chi connectivity index (χ3v) is 3.64. The Morgan fingerprint density at radius 1 is 0.618 bits per heavy atom. The van der Waals surface area contributed by atoms with Crippen LogP contribution in [0.5, 0.6) is 0 Å². The van der Waals surface area contributed by atoms with Crippen molar-refractivity contribution in [2.75, 3.05) is 112 Å². The minimum absolute atomic E-state index is 0. The fourth-order valence-corrected chi connectivity index (χ4v) is 2.03. The van der Waals surface area contributed by atoms with Gasteiger partial charge in [-0.3, -0.25) is 10.2 Å². The molecule has 0 aromatic rings. The van der Waals surface area contributed by atoms with Crippen LogP contribution >= 0.6 is 12.4 Å². The van der Waals surface area contributed by atoms with Crippen LogP contribution in [0.4, 0.5) is 0 Å². The SMILES string of the molecule is Cl.[N-]=[N+]=NCCOCCOCCOCCOCCOCCOCCOCCOCCC(=O)NN. The number of azide groups is 1. The van der Waals surface area contributed by atoms with E-state index in [0.717, 1.165) is 0 Å². The van der Waals surface area contributed by atoms with Crippen molar-refractivity contribution in [1.29, 1.82) is 0 Å². The summed E-state index contributed by atoms with van der Waals surface area (Å²) in [5, 5.41) is 3.36. The Morgan fingerprint density at radius 3 is 1.21 bits per heavy atom. The van der Waals surface area contributed by atoms with Gasteiger partial charge in [0.15, 0.2) is 0 Å². The molecule has 0 rings (SSSR count). The van der Waals surface area contributed by atoms with Crippen LogP contribution in [0.2, 0.25) is 0 Å². The van der Waals surface area contributed by atoms with Crippen molar-refractivity contribution in [3.8, 4) is 0 Å². The molecule has 0 radical (unpaired) electrons. The molecule has 0 heterocycles. The molecule has 0 aliphatic rings. The summed E-state index contributed by atoms with van der Waals surface area (Å²) in [6.07, 6.45) is 0.231. The maximum atomic E-state index is 10.9. The van der Waals surface area contributed by atoms with Gasteiger partial charge >= 0.3 is 0 Å². The predicted octanol–water partition coefficient (Wildman–Crippen LogP) is 0.231. The van der Waals surface area contributed by atoms with Gasteiger partial charge in [-0.05, 0) is 5.53 Å². The molecule has 0 unspecified atom stereocenters. The van der Waals surface area contributed by atoms with Crippen molar-refractivity contribution >= 4 is 18.3 Å². The summed E-state index contributed by atoms with van der Waals surface area (Å²) in [5.74, 6) is 4.69. The van der Waals surface area contributed by atoms with E-state index in [-0.39, 0.29) is 24.7 Å². The van der Waals surface area contributed by atoms with Crippen molar-refractivity contribution in [3.63, 3.8) is 0 Å². The van der Waals surface area contributed by atoms with Crippen molar-refractivity contribution < 1.29 is 42.7 Å². The van der Waals surface area contributed by atoms with E-state index < -0.39 is 0 Å². The average Bonchev–Trinajstić information content (AvgIpc) is 2.83. The van der Waals surface area contributed by atoms with Gasteiger partial charge in [0.2, 0.25) is 5.91 Å². The van der Waals surface area contributed by atoms with Gasteiger partial charge in [0.1, 0.15) is 0 Å². The number of rotatable bonds is 27. The third-order valence-electron chi connectivity index (χ3n) is 3.64. The smallest absolute Gasteiger partial charge is 0.236 e. The number of hydrogen-bond donors (Lipinski definition) is 2. The maximum absolute atomic E-state index is 10.9. The lowest BCUT2D eigenvalue weighted by Crippen LogP contribution is -2.30. The molecule has 0 saturated carbocycles. The summed E-state index contributed by atoms with van der Waals surface area (Å²) in [7, 11) is 0. The molecule has 0 aromatic heterocycles. The molecular formula is C19H40ClN5O9. The Labute approximate surface area is 207 Å². The maximum Gasteiger partial charge on any atom is 0.236 e. The van der Waals surface area contributed by atoms with Gasteiger partial charge in [-0.2, -0.15) is 0 Å². The van der Waals surface area contributed by atoms with Gasteiger partial charge in [0.05, 0.1) is 112 Å². The lowest BCUT2D eigenvalue weighted by molar-refractivity contribution is -0.122. The van der Waals surface area contributed by atoms with Gasteiger partial charge in [-0.25, -0.2) is 5.84 Å². The van der Waals surface area contributed by atoms with Crippen molar-refractivity contribution in [1.82, 2.24) is 5.43 Å². The van der Waals surface area contributed by atoms with E-state index in [0.29, 0.717) is 112 Å². The number of carbonyl (C=O) groups excluding carboxylic acids is 1. The number of ether oxygens (including phenoxy) is 8. The number of halogens is 1. The van der Waals surface area contributed by atoms with Crippen molar-refractivity contribution in [2.24, 2.45) is 11.0 Å². The number of nitrogens with zero attached hydrogens (tertiary/aromatic N) is 3. The van der Waals surface area contributed by atoms with Gasteiger partial charge in [-0.1, -0.05) is 5.11 Å². The fourth-order valence-electron chi connectivity index (χ4n) is 2.03. The monoisotopic (exact) mass is 517 g/mol. The molecule has 15 heteroatoms. The first-order chi connectivity index (χ1) is 16.3. The lowest BCUT2D eigenvalue weighted by atomic mass is 10.4. The van der Waals surface area contributed by atoms with Crippen LogP contribution in [-0.2, 0) is 42.7 Å². The zero-order valence-electron chi connectivity index (χ0n) is 19.7. The van der Waals surface area contributed by atoms with Crippen molar-refractivity contribution in [2.45, 2.75) is 6.42 Å². The topological polar surface area (TPSA) is 178 Å². The van der Waals surface area contributed by atoms with Gasteiger partial charge in [0.25, 0.3) is 0 Å². The summed E-state index contributed by atoms with van der Waals surface area (Å²) < 4.78 is 42.6. The first kappa shape index (κ1) is 34.9. The standard InChI is InChI=1S/C19H39N5O9.ClH/c20-23-19(25)1-3-26-5-7-28-9-11-30-13-15-32-17-18-33-16-14-31-12-10-29-8-6-27-4-2-22-24-21;/h1-18,20H2,(H,23,25);1H. The highest BCUT2D eigenvalue weighted by atomic mass is 35.5. The Hall–Kier alpha value is -1.29. The highest BCUT2D eigenvalue weighted by Gasteiger charge is 1.98.